The van der Waals surface area contributed by atoms with Gasteiger partial charge in [0.05, 0.1) is 31.1 Å². The van der Waals surface area contributed by atoms with Crippen molar-refractivity contribution < 1.29 is 9.53 Å². The Morgan fingerprint density at radius 2 is 1.77 bits per heavy atom. The lowest BCUT2D eigenvalue weighted by Crippen LogP contribution is -2.42. The van der Waals surface area contributed by atoms with Crippen LogP contribution in [0.25, 0.3) is 11.8 Å². The second-order valence-corrected chi connectivity index (χ2v) is 7.27. The van der Waals surface area contributed by atoms with Crippen molar-refractivity contribution >= 4 is 12.0 Å². The number of nitrogens with one attached hydrogen (secondary N) is 1. The number of carbonyl (C=O) groups excluding carboxylic acids is 1. The average molecular weight is 402 g/mol. The molecular weight excluding hydrogens is 376 g/mol. The monoisotopic (exact) mass is 402 g/mol. The van der Waals surface area contributed by atoms with Gasteiger partial charge in [0.25, 0.3) is 0 Å². The Bertz CT molecular complexity index is 963. The molecule has 1 amide bonds. The number of para-hydroxylation sites is 1. The van der Waals surface area contributed by atoms with Crippen LogP contribution in [0.5, 0.6) is 0 Å². The molecule has 0 saturated carbocycles. The molecule has 2 aromatic carbocycles. The van der Waals surface area contributed by atoms with Crippen LogP contribution in [-0.2, 0) is 9.53 Å². The Hall–Kier alpha value is -3.22. The van der Waals surface area contributed by atoms with Gasteiger partial charge in [0.2, 0.25) is 5.91 Å². The van der Waals surface area contributed by atoms with Gasteiger partial charge in [-0.1, -0.05) is 48.5 Å². The number of rotatable bonds is 7. The Morgan fingerprint density at radius 3 is 2.50 bits per heavy atom. The van der Waals surface area contributed by atoms with Crippen LogP contribution in [0.4, 0.5) is 0 Å². The Balaban J connectivity index is 1.41. The van der Waals surface area contributed by atoms with Crippen LogP contribution in [0.3, 0.4) is 0 Å². The molecule has 0 radical (unpaired) electrons. The molecule has 3 aromatic rings. The van der Waals surface area contributed by atoms with E-state index in [1.165, 1.54) is 0 Å². The van der Waals surface area contributed by atoms with E-state index in [-0.39, 0.29) is 11.9 Å². The van der Waals surface area contributed by atoms with Gasteiger partial charge < -0.3 is 10.1 Å². The van der Waals surface area contributed by atoms with Crippen LogP contribution in [0.1, 0.15) is 17.2 Å². The number of morpholine rings is 1. The van der Waals surface area contributed by atoms with E-state index in [2.05, 4.69) is 27.4 Å². The standard InChI is InChI=1S/C24H26N4O2/c29-24(12-11-20-17-25-28(18-20)22-9-5-2-6-10-22)26-23(21-7-3-1-4-8-21)19-27-13-15-30-16-14-27/h1-12,17-18,23H,13-16,19H2,(H,26,29). The molecule has 6 heteroatoms. The maximum absolute atomic E-state index is 12.7. The molecular formula is C24H26N4O2. The highest BCUT2D eigenvalue weighted by atomic mass is 16.5. The fourth-order valence-corrected chi connectivity index (χ4v) is 3.50. The van der Waals surface area contributed by atoms with Gasteiger partial charge in [0.15, 0.2) is 0 Å². The summed E-state index contributed by atoms with van der Waals surface area (Å²) in [7, 11) is 0. The average Bonchev–Trinajstić information content (AvgIpc) is 3.28. The first-order valence-electron chi connectivity index (χ1n) is 10.2. The molecule has 30 heavy (non-hydrogen) atoms. The number of nitrogens with zero attached hydrogens (tertiary/aromatic N) is 3. The molecule has 1 aromatic heterocycles. The molecule has 0 spiro atoms. The molecule has 6 nitrogen and oxygen atoms in total. The molecule has 1 saturated heterocycles. The largest absolute Gasteiger partial charge is 0.379 e. The lowest BCUT2D eigenvalue weighted by atomic mass is 10.1. The van der Waals surface area contributed by atoms with Gasteiger partial charge >= 0.3 is 0 Å². The van der Waals surface area contributed by atoms with Gasteiger partial charge in [-0.2, -0.15) is 5.10 Å². The summed E-state index contributed by atoms with van der Waals surface area (Å²) in [4.78, 5) is 15.0. The van der Waals surface area contributed by atoms with E-state index in [9.17, 15) is 4.79 Å². The van der Waals surface area contributed by atoms with Gasteiger partial charge in [-0.3, -0.25) is 9.69 Å². The number of aromatic nitrogens is 2. The van der Waals surface area contributed by atoms with E-state index < -0.39 is 0 Å². The minimum Gasteiger partial charge on any atom is -0.379 e. The summed E-state index contributed by atoms with van der Waals surface area (Å²) in [6.07, 6.45) is 7.01. The van der Waals surface area contributed by atoms with E-state index in [1.807, 2.05) is 54.7 Å². The number of ether oxygens (including phenoxy) is 1. The van der Waals surface area contributed by atoms with Crippen LogP contribution < -0.4 is 5.32 Å². The fourth-order valence-electron chi connectivity index (χ4n) is 3.50. The third kappa shape index (κ3) is 5.43. The zero-order valence-corrected chi connectivity index (χ0v) is 16.9. The van der Waals surface area contributed by atoms with E-state index in [4.69, 9.17) is 4.74 Å². The fraction of sp³-hybridized carbons (Fsp3) is 0.250. The number of carbonyl (C=O) groups is 1. The summed E-state index contributed by atoms with van der Waals surface area (Å²) in [5, 5.41) is 7.52. The predicted molar refractivity (Wildman–Crippen MR) is 117 cm³/mol. The topological polar surface area (TPSA) is 59.4 Å². The first-order valence-corrected chi connectivity index (χ1v) is 10.2. The Morgan fingerprint density at radius 1 is 1.07 bits per heavy atom. The quantitative estimate of drug-likeness (QED) is 0.617. The molecule has 154 valence electrons. The van der Waals surface area contributed by atoms with Crippen LogP contribution in [0.15, 0.2) is 79.1 Å². The summed E-state index contributed by atoms with van der Waals surface area (Å²) in [6, 6.07) is 19.9. The van der Waals surface area contributed by atoms with Crippen molar-refractivity contribution in [3.63, 3.8) is 0 Å². The second kappa shape index (κ2) is 10.0. The summed E-state index contributed by atoms with van der Waals surface area (Å²) in [5.74, 6) is -0.121. The van der Waals surface area contributed by atoms with Gasteiger partial charge in [0.1, 0.15) is 0 Å². The van der Waals surface area contributed by atoms with Crippen LogP contribution in [-0.4, -0.2) is 53.4 Å². The van der Waals surface area contributed by atoms with Crippen molar-refractivity contribution in [1.82, 2.24) is 20.0 Å². The summed E-state index contributed by atoms with van der Waals surface area (Å²) in [6.45, 7) is 4.00. The van der Waals surface area contributed by atoms with Gasteiger partial charge in [0, 0.05) is 37.5 Å². The smallest absolute Gasteiger partial charge is 0.244 e. The maximum Gasteiger partial charge on any atom is 0.244 e. The zero-order valence-electron chi connectivity index (χ0n) is 16.9. The molecule has 4 rings (SSSR count). The number of amides is 1. The van der Waals surface area contributed by atoms with Gasteiger partial charge in [-0.05, 0) is 23.8 Å². The summed E-state index contributed by atoms with van der Waals surface area (Å²) >= 11 is 0. The van der Waals surface area contributed by atoms with Crippen LogP contribution >= 0.6 is 0 Å². The highest BCUT2D eigenvalue weighted by Crippen LogP contribution is 2.16. The van der Waals surface area contributed by atoms with Crippen molar-refractivity contribution in [1.29, 1.82) is 0 Å². The van der Waals surface area contributed by atoms with Crippen LogP contribution in [0.2, 0.25) is 0 Å². The highest BCUT2D eigenvalue weighted by Gasteiger charge is 2.19. The highest BCUT2D eigenvalue weighted by molar-refractivity contribution is 5.91. The van der Waals surface area contributed by atoms with Crippen molar-refractivity contribution in [3.8, 4) is 5.69 Å². The van der Waals surface area contributed by atoms with E-state index in [0.717, 1.165) is 49.7 Å². The number of benzene rings is 2. The SMILES string of the molecule is O=C(C=Cc1cnn(-c2ccccc2)c1)NC(CN1CCOCC1)c1ccccc1. The first kappa shape index (κ1) is 20.1. The van der Waals surface area contributed by atoms with Crippen molar-refractivity contribution in [2.75, 3.05) is 32.8 Å². The molecule has 0 aliphatic carbocycles. The zero-order chi connectivity index (χ0) is 20.6. The summed E-state index contributed by atoms with van der Waals surface area (Å²) in [5.41, 5.74) is 2.96. The Labute approximate surface area is 176 Å². The lowest BCUT2D eigenvalue weighted by Gasteiger charge is -2.31. The molecule has 1 aliphatic rings. The molecule has 0 bridgehead atoms. The number of hydrogen-bond acceptors (Lipinski definition) is 4. The minimum absolute atomic E-state index is 0.0755. The van der Waals surface area contributed by atoms with Crippen LogP contribution in [0, 0.1) is 0 Å². The van der Waals surface area contributed by atoms with Crippen molar-refractivity contribution in [2.24, 2.45) is 0 Å². The van der Waals surface area contributed by atoms with E-state index in [1.54, 1.807) is 23.0 Å². The molecule has 1 atom stereocenters. The van der Waals surface area contributed by atoms with E-state index in [0.29, 0.717) is 0 Å². The number of hydrogen-bond donors (Lipinski definition) is 1. The van der Waals surface area contributed by atoms with Gasteiger partial charge in [-0.25, -0.2) is 4.68 Å². The second-order valence-electron chi connectivity index (χ2n) is 7.27. The molecule has 1 aliphatic heterocycles. The van der Waals surface area contributed by atoms with Gasteiger partial charge in [-0.15, -0.1) is 0 Å². The summed E-state index contributed by atoms with van der Waals surface area (Å²) < 4.78 is 7.24. The normalized spacial score (nSPS) is 15.9. The van der Waals surface area contributed by atoms with Crippen molar-refractivity contribution in [2.45, 2.75) is 6.04 Å². The van der Waals surface area contributed by atoms with E-state index >= 15 is 0 Å². The first-order chi connectivity index (χ1) is 14.8. The van der Waals surface area contributed by atoms with Crippen molar-refractivity contribution in [3.05, 3.63) is 90.3 Å². The molecule has 1 fully saturated rings. The third-order valence-corrected chi connectivity index (χ3v) is 5.11. The molecule has 1 unspecified atom stereocenters. The maximum atomic E-state index is 12.7. The third-order valence-electron chi connectivity index (χ3n) is 5.11. The molecule has 2 heterocycles. The lowest BCUT2D eigenvalue weighted by molar-refractivity contribution is -0.117. The Kier molecular flexibility index (Phi) is 6.69. The molecule has 1 N–H and O–H groups in total. The minimum atomic E-state index is -0.121. The predicted octanol–water partition coefficient (Wildman–Crippen LogP) is 3.08.